The van der Waals surface area contributed by atoms with E-state index in [1.54, 1.807) is 0 Å². The molecule has 1 aromatic heterocycles. The van der Waals surface area contributed by atoms with Crippen LogP contribution in [-0.2, 0) is 16.4 Å². The van der Waals surface area contributed by atoms with Crippen LogP contribution in [-0.4, -0.2) is 50.0 Å². The zero-order valence-corrected chi connectivity index (χ0v) is 13.6. The molecule has 5 nitrogen and oxygen atoms in total. The molecule has 2 rings (SSSR count). The van der Waals surface area contributed by atoms with Crippen molar-refractivity contribution < 1.29 is 13.2 Å². The molecule has 0 unspecified atom stereocenters. The smallest absolute Gasteiger partial charge is 0.213 e. The molecule has 1 fully saturated rings. The fraction of sp³-hybridized carbons (Fsp3) is 0.667. The van der Waals surface area contributed by atoms with Crippen molar-refractivity contribution in [3.63, 3.8) is 0 Å². The Morgan fingerprint density at radius 2 is 2.24 bits per heavy atom. The number of likely N-dealkylation sites (tertiary alicyclic amines) is 1. The molecule has 0 N–H and O–H groups in total. The van der Waals surface area contributed by atoms with Crippen molar-refractivity contribution in [1.82, 2.24) is 9.88 Å². The Kier molecular flexibility index (Phi) is 5.58. The van der Waals surface area contributed by atoms with Gasteiger partial charge < -0.3 is 4.74 Å². The van der Waals surface area contributed by atoms with Gasteiger partial charge in [-0.05, 0) is 37.8 Å². The van der Waals surface area contributed by atoms with Crippen LogP contribution in [0.4, 0.5) is 0 Å². The Hall–Kier alpha value is -1.14. The van der Waals surface area contributed by atoms with Gasteiger partial charge in [-0.3, -0.25) is 4.90 Å². The lowest BCUT2D eigenvalue weighted by molar-refractivity contribution is 0.177. The Bertz CT molecular complexity index is 543. The molecule has 6 heteroatoms. The van der Waals surface area contributed by atoms with Gasteiger partial charge in [-0.25, -0.2) is 13.4 Å². The summed E-state index contributed by atoms with van der Waals surface area (Å²) in [5.74, 6) is 1.20. The third-order valence-electron chi connectivity index (χ3n) is 3.64. The summed E-state index contributed by atoms with van der Waals surface area (Å²) in [4.78, 5) is 6.58. The van der Waals surface area contributed by atoms with Crippen LogP contribution in [0.1, 0.15) is 25.3 Å². The van der Waals surface area contributed by atoms with E-state index < -0.39 is 9.84 Å². The van der Waals surface area contributed by atoms with Crippen LogP contribution >= 0.6 is 0 Å². The lowest BCUT2D eigenvalue weighted by Gasteiger charge is -2.32. The van der Waals surface area contributed by atoms with Gasteiger partial charge in [-0.2, -0.15) is 0 Å². The molecule has 1 aromatic rings. The van der Waals surface area contributed by atoms with E-state index in [1.165, 1.54) is 6.26 Å². The maximum Gasteiger partial charge on any atom is 0.213 e. The van der Waals surface area contributed by atoms with Gasteiger partial charge in [0.15, 0.2) is 0 Å². The van der Waals surface area contributed by atoms with Gasteiger partial charge in [0.05, 0.1) is 12.4 Å². The van der Waals surface area contributed by atoms with Crippen LogP contribution in [0.3, 0.4) is 0 Å². The van der Waals surface area contributed by atoms with Crippen molar-refractivity contribution in [3.8, 4) is 5.88 Å². The van der Waals surface area contributed by atoms with Gasteiger partial charge >= 0.3 is 0 Å². The minimum atomic E-state index is -2.89. The van der Waals surface area contributed by atoms with E-state index in [1.807, 2.05) is 25.3 Å². The number of nitrogens with zero attached hydrogens (tertiary/aromatic N) is 2. The number of hydrogen-bond acceptors (Lipinski definition) is 5. The highest BCUT2D eigenvalue weighted by atomic mass is 32.2. The Morgan fingerprint density at radius 1 is 1.43 bits per heavy atom. The summed E-state index contributed by atoms with van der Waals surface area (Å²) >= 11 is 0. The van der Waals surface area contributed by atoms with Crippen molar-refractivity contribution >= 4 is 9.84 Å². The second-order valence-electron chi connectivity index (χ2n) is 5.77. The molecular formula is C15H24N2O3S. The van der Waals surface area contributed by atoms with Gasteiger partial charge in [0.25, 0.3) is 0 Å². The van der Waals surface area contributed by atoms with Gasteiger partial charge in [0, 0.05) is 31.6 Å². The number of piperidine rings is 1. The molecular weight excluding hydrogens is 288 g/mol. The van der Waals surface area contributed by atoms with Crippen molar-refractivity contribution in [2.75, 3.05) is 31.7 Å². The van der Waals surface area contributed by atoms with E-state index in [0.717, 1.165) is 38.0 Å². The second-order valence-corrected chi connectivity index (χ2v) is 7.96. The summed E-state index contributed by atoms with van der Waals surface area (Å²) in [5.41, 5.74) is 1.14. The highest BCUT2D eigenvalue weighted by Crippen LogP contribution is 2.20. The molecule has 1 saturated heterocycles. The van der Waals surface area contributed by atoms with Crippen molar-refractivity contribution in [1.29, 1.82) is 0 Å². The molecule has 0 radical (unpaired) electrons. The fourth-order valence-corrected chi connectivity index (χ4v) is 3.98. The van der Waals surface area contributed by atoms with E-state index in [0.29, 0.717) is 18.2 Å². The van der Waals surface area contributed by atoms with Crippen LogP contribution in [0, 0.1) is 5.92 Å². The molecule has 1 aliphatic heterocycles. The molecule has 2 heterocycles. The van der Waals surface area contributed by atoms with E-state index in [-0.39, 0.29) is 5.92 Å². The third kappa shape index (κ3) is 5.63. The van der Waals surface area contributed by atoms with Crippen molar-refractivity contribution in [2.24, 2.45) is 5.92 Å². The van der Waals surface area contributed by atoms with Gasteiger partial charge in [-0.15, -0.1) is 0 Å². The van der Waals surface area contributed by atoms with Crippen LogP contribution < -0.4 is 4.74 Å². The summed E-state index contributed by atoms with van der Waals surface area (Å²) in [6.45, 7) is 5.24. The zero-order chi connectivity index (χ0) is 15.3. The van der Waals surface area contributed by atoms with Gasteiger partial charge in [0.2, 0.25) is 5.88 Å². The first-order chi connectivity index (χ1) is 9.96. The Balaban J connectivity index is 1.90. The van der Waals surface area contributed by atoms with Crippen molar-refractivity contribution in [3.05, 3.63) is 23.9 Å². The predicted octanol–water partition coefficient (Wildman–Crippen LogP) is 1.74. The maximum atomic E-state index is 11.4. The minimum absolute atomic E-state index is 0.254. The van der Waals surface area contributed by atoms with E-state index >= 15 is 0 Å². The minimum Gasteiger partial charge on any atom is -0.478 e. The number of pyridine rings is 1. The summed E-state index contributed by atoms with van der Waals surface area (Å²) < 4.78 is 28.2. The van der Waals surface area contributed by atoms with Crippen LogP contribution in [0.2, 0.25) is 0 Å². The molecule has 0 aromatic carbocycles. The van der Waals surface area contributed by atoms with Crippen molar-refractivity contribution in [2.45, 2.75) is 26.3 Å². The van der Waals surface area contributed by atoms with Crippen LogP contribution in [0.15, 0.2) is 18.3 Å². The largest absolute Gasteiger partial charge is 0.478 e. The molecule has 0 amide bonds. The monoisotopic (exact) mass is 312 g/mol. The summed E-state index contributed by atoms with van der Waals surface area (Å²) in [7, 11) is -2.89. The maximum absolute atomic E-state index is 11.4. The third-order valence-corrected chi connectivity index (χ3v) is 4.71. The van der Waals surface area contributed by atoms with Crippen LogP contribution in [0.5, 0.6) is 5.88 Å². The van der Waals surface area contributed by atoms with Crippen LogP contribution in [0.25, 0.3) is 0 Å². The number of ether oxygens (including phenoxy) is 1. The normalized spacial score (nSPS) is 20.4. The van der Waals surface area contributed by atoms with Gasteiger partial charge in [0.1, 0.15) is 9.84 Å². The summed E-state index contributed by atoms with van der Waals surface area (Å²) in [6, 6.07) is 3.91. The van der Waals surface area contributed by atoms with E-state index in [4.69, 9.17) is 4.74 Å². The van der Waals surface area contributed by atoms with E-state index in [2.05, 4.69) is 9.88 Å². The average molecular weight is 312 g/mol. The first-order valence-electron chi connectivity index (χ1n) is 7.44. The first kappa shape index (κ1) is 16.2. The molecule has 1 aliphatic rings. The topological polar surface area (TPSA) is 59.5 Å². The SMILES string of the molecule is CCOc1ccc(CN2CCC[C@H](CS(C)(=O)=O)C2)cn1. The first-order valence-corrected chi connectivity index (χ1v) is 9.50. The highest BCUT2D eigenvalue weighted by molar-refractivity contribution is 7.90. The number of hydrogen-bond donors (Lipinski definition) is 0. The number of rotatable bonds is 6. The second kappa shape index (κ2) is 7.22. The quantitative estimate of drug-likeness (QED) is 0.801. The summed E-state index contributed by atoms with van der Waals surface area (Å²) in [6.07, 6.45) is 5.23. The van der Waals surface area contributed by atoms with E-state index in [9.17, 15) is 8.42 Å². The molecule has 118 valence electrons. The predicted molar refractivity (Wildman–Crippen MR) is 83.1 cm³/mol. The fourth-order valence-electron chi connectivity index (χ4n) is 2.86. The molecule has 21 heavy (non-hydrogen) atoms. The Labute approximate surface area is 127 Å². The molecule has 0 aliphatic carbocycles. The Morgan fingerprint density at radius 3 is 2.86 bits per heavy atom. The average Bonchev–Trinajstić information content (AvgIpc) is 2.40. The molecule has 0 spiro atoms. The number of aromatic nitrogens is 1. The highest BCUT2D eigenvalue weighted by Gasteiger charge is 2.23. The molecule has 1 atom stereocenters. The molecule has 0 saturated carbocycles. The number of sulfone groups is 1. The molecule has 0 bridgehead atoms. The summed E-state index contributed by atoms with van der Waals surface area (Å²) in [5, 5.41) is 0. The zero-order valence-electron chi connectivity index (χ0n) is 12.8. The standard InChI is InChI=1S/C15H24N2O3S/c1-3-20-15-7-6-13(9-16-15)10-17-8-4-5-14(11-17)12-21(2,18)19/h6-7,9,14H,3-5,8,10-12H2,1-2H3/t14-/m0/s1. The lowest BCUT2D eigenvalue weighted by Crippen LogP contribution is -2.37. The lowest BCUT2D eigenvalue weighted by atomic mass is 10.00. The van der Waals surface area contributed by atoms with Gasteiger partial charge in [-0.1, -0.05) is 6.07 Å².